The van der Waals surface area contributed by atoms with E-state index in [1.54, 1.807) is 35.6 Å². The molecule has 4 nitrogen and oxygen atoms in total. The minimum Gasteiger partial charge on any atom is -0.332 e. The van der Waals surface area contributed by atoms with E-state index in [4.69, 9.17) is 11.6 Å². The van der Waals surface area contributed by atoms with Crippen LogP contribution in [-0.2, 0) is 6.54 Å². The van der Waals surface area contributed by atoms with Gasteiger partial charge >= 0.3 is 6.03 Å². The summed E-state index contributed by atoms with van der Waals surface area (Å²) in [5.41, 5.74) is 2.56. The van der Waals surface area contributed by atoms with Gasteiger partial charge in [0.25, 0.3) is 0 Å². The van der Waals surface area contributed by atoms with E-state index >= 15 is 0 Å². The second-order valence-corrected chi connectivity index (χ2v) is 6.12. The summed E-state index contributed by atoms with van der Waals surface area (Å²) in [6, 6.07) is 16.7. The van der Waals surface area contributed by atoms with Crippen molar-refractivity contribution < 1.29 is 4.79 Å². The number of anilines is 1. The number of hydrogen-bond acceptors (Lipinski definition) is 3. The molecule has 0 unspecified atom stereocenters. The van der Waals surface area contributed by atoms with Crippen LogP contribution in [0.4, 0.5) is 10.5 Å². The molecule has 3 rings (SSSR count). The SMILES string of the molecule is O=C(NCc1csc(-c2ccccc2)n1)Nc1cccc(Cl)c1. The maximum absolute atomic E-state index is 11.9. The third kappa shape index (κ3) is 4.31. The highest BCUT2D eigenvalue weighted by molar-refractivity contribution is 7.13. The molecule has 2 amide bonds. The van der Waals surface area contributed by atoms with Gasteiger partial charge in [0, 0.05) is 21.7 Å². The predicted octanol–water partition coefficient (Wildman–Crippen LogP) is 4.79. The van der Waals surface area contributed by atoms with Crippen LogP contribution in [0, 0.1) is 0 Å². The second kappa shape index (κ2) is 7.26. The van der Waals surface area contributed by atoms with Crippen molar-refractivity contribution in [1.29, 1.82) is 0 Å². The molecule has 0 atom stereocenters. The molecular formula is C17H14ClN3OS. The average molecular weight is 344 g/mol. The van der Waals surface area contributed by atoms with Crippen molar-refractivity contribution >= 4 is 34.7 Å². The largest absolute Gasteiger partial charge is 0.332 e. The van der Waals surface area contributed by atoms with E-state index in [9.17, 15) is 4.79 Å². The van der Waals surface area contributed by atoms with Gasteiger partial charge < -0.3 is 10.6 Å². The van der Waals surface area contributed by atoms with Crippen LogP contribution in [0.5, 0.6) is 0 Å². The van der Waals surface area contributed by atoms with Gasteiger partial charge in [-0.3, -0.25) is 0 Å². The van der Waals surface area contributed by atoms with E-state index in [0.717, 1.165) is 16.3 Å². The molecule has 0 aliphatic heterocycles. The van der Waals surface area contributed by atoms with Crippen molar-refractivity contribution in [2.24, 2.45) is 0 Å². The number of urea groups is 1. The van der Waals surface area contributed by atoms with E-state index in [2.05, 4.69) is 15.6 Å². The Morgan fingerprint density at radius 3 is 2.74 bits per heavy atom. The number of carbonyl (C=O) groups is 1. The number of nitrogens with one attached hydrogen (secondary N) is 2. The molecule has 0 radical (unpaired) electrons. The van der Waals surface area contributed by atoms with Crippen molar-refractivity contribution in [3.05, 3.63) is 70.7 Å². The van der Waals surface area contributed by atoms with Crippen LogP contribution in [-0.4, -0.2) is 11.0 Å². The molecule has 0 fully saturated rings. The van der Waals surface area contributed by atoms with Gasteiger partial charge in [0.15, 0.2) is 0 Å². The summed E-state index contributed by atoms with van der Waals surface area (Å²) >= 11 is 7.44. The number of carbonyl (C=O) groups excluding carboxylic acids is 1. The maximum Gasteiger partial charge on any atom is 0.319 e. The van der Waals surface area contributed by atoms with Crippen molar-refractivity contribution in [1.82, 2.24) is 10.3 Å². The smallest absolute Gasteiger partial charge is 0.319 e. The summed E-state index contributed by atoms with van der Waals surface area (Å²) in [6.07, 6.45) is 0. The number of hydrogen-bond donors (Lipinski definition) is 2. The topological polar surface area (TPSA) is 54.0 Å². The monoisotopic (exact) mass is 343 g/mol. The summed E-state index contributed by atoms with van der Waals surface area (Å²) in [5, 5.41) is 8.98. The zero-order valence-corrected chi connectivity index (χ0v) is 13.7. The van der Waals surface area contributed by atoms with Gasteiger partial charge in [-0.05, 0) is 18.2 Å². The molecule has 0 saturated heterocycles. The van der Waals surface area contributed by atoms with E-state index < -0.39 is 0 Å². The van der Waals surface area contributed by atoms with Crippen molar-refractivity contribution in [3.8, 4) is 10.6 Å². The zero-order valence-electron chi connectivity index (χ0n) is 12.1. The molecule has 0 spiro atoms. The molecule has 6 heteroatoms. The van der Waals surface area contributed by atoms with E-state index in [1.807, 2.05) is 35.7 Å². The summed E-state index contributed by atoms with van der Waals surface area (Å²) in [6.45, 7) is 0.371. The molecule has 0 aliphatic carbocycles. The molecule has 3 aromatic rings. The number of thiazole rings is 1. The van der Waals surface area contributed by atoms with Crippen LogP contribution in [0.2, 0.25) is 5.02 Å². The van der Waals surface area contributed by atoms with Gasteiger partial charge in [0.1, 0.15) is 5.01 Å². The molecule has 1 aromatic heterocycles. The lowest BCUT2D eigenvalue weighted by atomic mass is 10.2. The first-order valence-electron chi connectivity index (χ1n) is 7.01. The lowest BCUT2D eigenvalue weighted by molar-refractivity contribution is 0.251. The molecule has 2 aromatic carbocycles. The van der Waals surface area contributed by atoms with Crippen molar-refractivity contribution in [3.63, 3.8) is 0 Å². The highest BCUT2D eigenvalue weighted by Gasteiger charge is 2.06. The molecule has 1 heterocycles. The van der Waals surface area contributed by atoms with Gasteiger partial charge in [-0.15, -0.1) is 11.3 Å². The van der Waals surface area contributed by atoms with Gasteiger partial charge in [0.2, 0.25) is 0 Å². The standard InChI is InChI=1S/C17H14ClN3OS/c18-13-7-4-8-14(9-13)21-17(22)19-10-15-11-23-16(20-15)12-5-2-1-3-6-12/h1-9,11H,10H2,(H2,19,21,22). The van der Waals surface area contributed by atoms with Gasteiger partial charge in [0.05, 0.1) is 12.2 Å². The molecule has 0 aliphatic rings. The Morgan fingerprint density at radius 2 is 1.96 bits per heavy atom. The zero-order chi connectivity index (χ0) is 16.1. The number of nitrogens with zero attached hydrogens (tertiary/aromatic N) is 1. The van der Waals surface area contributed by atoms with Crippen LogP contribution in [0.15, 0.2) is 60.0 Å². The minimum atomic E-state index is -0.290. The number of amides is 2. The lowest BCUT2D eigenvalue weighted by Gasteiger charge is -2.06. The highest BCUT2D eigenvalue weighted by Crippen LogP contribution is 2.23. The van der Waals surface area contributed by atoms with E-state index in [-0.39, 0.29) is 6.03 Å². The number of benzene rings is 2. The Morgan fingerprint density at radius 1 is 1.13 bits per heavy atom. The van der Waals surface area contributed by atoms with Crippen molar-refractivity contribution in [2.45, 2.75) is 6.54 Å². The molecule has 0 saturated carbocycles. The van der Waals surface area contributed by atoms with Crippen LogP contribution in [0.3, 0.4) is 0 Å². The summed E-state index contributed by atoms with van der Waals surface area (Å²) < 4.78 is 0. The Kier molecular flexibility index (Phi) is 4.90. The highest BCUT2D eigenvalue weighted by atomic mass is 35.5. The Bertz CT molecular complexity index is 804. The minimum absolute atomic E-state index is 0.290. The molecule has 2 N–H and O–H groups in total. The molecule has 116 valence electrons. The first kappa shape index (κ1) is 15.5. The normalized spacial score (nSPS) is 10.3. The third-order valence-electron chi connectivity index (χ3n) is 3.09. The van der Waals surface area contributed by atoms with Crippen LogP contribution >= 0.6 is 22.9 Å². The molecule has 23 heavy (non-hydrogen) atoms. The lowest BCUT2D eigenvalue weighted by Crippen LogP contribution is -2.28. The fourth-order valence-electron chi connectivity index (χ4n) is 2.01. The number of aromatic nitrogens is 1. The maximum atomic E-state index is 11.9. The number of rotatable bonds is 4. The average Bonchev–Trinajstić information content (AvgIpc) is 3.03. The van der Waals surface area contributed by atoms with Gasteiger partial charge in [-0.25, -0.2) is 9.78 Å². The van der Waals surface area contributed by atoms with Crippen LogP contribution in [0.1, 0.15) is 5.69 Å². The quantitative estimate of drug-likeness (QED) is 0.716. The third-order valence-corrected chi connectivity index (χ3v) is 4.26. The van der Waals surface area contributed by atoms with E-state index in [1.165, 1.54) is 0 Å². The predicted molar refractivity (Wildman–Crippen MR) is 94.9 cm³/mol. The molecular weight excluding hydrogens is 330 g/mol. The number of halogens is 1. The first-order chi connectivity index (χ1) is 11.2. The fraction of sp³-hybridized carbons (Fsp3) is 0.0588. The Balaban J connectivity index is 1.56. The van der Waals surface area contributed by atoms with Gasteiger partial charge in [-0.1, -0.05) is 48.0 Å². The van der Waals surface area contributed by atoms with Crippen LogP contribution in [0.25, 0.3) is 10.6 Å². The summed E-state index contributed by atoms with van der Waals surface area (Å²) in [7, 11) is 0. The Hall–Kier alpha value is -2.37. The second-order valence-electron chi connectivity index (χ2n) is 4.83. The summed E-state index contributed by atoms with van der Waals surface area (Å²) in [4.78, 5) is 16.4. The fourth-order valence-corrected chi connectivity index (χ4v) is 3.03. The first-order valence-corrected chi connectivity index (χ1v) is 8.27. The van der Waals surface area contributed by atoms with Crippen molar-refractivity contribution in [2.75, 3.05) is 5.32 Å². The van der Waals surface area contributed by atoms with E-state index in [0.29, 0.717) is 17.3 Å². The molecule has 0 bridgehead atoms. The van der Waals surface area contributed by atoms with Crippen LogP contribution < -0.4 is 10.6 Å². The Labute approximate surface area is 143 Å². The summed E-state index contributed by atoms with van der Waals surface area (Å²) in [5.74, 6) is 0. The van der Waals surface area contributed by atoms with Gasteiger partial charge in [-0.2, -0.15) is 0 Å².